The monoisotopic (exact) mass is 524 g/mol. The second-order valence-corrected chi connectivity index (χ2v) is 9.68. The molecule has 0 aliphatic carbocycles. The zero-order valence-electron chi connectivity index (χ0n) is 20.2. The number of halogens is 4. The fourth-order valence-electron chi connectivity index (χ4n) is 5.08. The molecule has 38 heavy (non-hydrogen) atoms. The van der Waals surface area contributed by atoms with Crippen LogP contribution in [0.5, 0.6) is 0 Å². The van der Waals surface area contributed by atoms with E-state index in [9.17, 15) is 22.7 Å². The molecule has 1 unspecified atom stereocenters. The number of hydrogen-bond acceptors (Lipinski definition) is 6. The Morgan fingerprint density at radius 3 is 2.63 bits per heavy atom. The highest BCUT2D eigenvalue weighted by Crippen LogP contribution is 2.43. The lowest BCUT2D eigenvalue weighted by molar-refractivity contribution is 0.0221. The number of fused-ring (bicyclic) bond motifs is 1. The second-order valence-electron chi connectivity index (χ2n) is 9.68. The highest BCUT2D eigenvalue weighted by atomic mass is 19.3. The molecule has 2 aliphatic rings. The number of aromatic nitrogens is 4. The third kappa shape index (κ3) is 4.69. The number of aliphatic hydroxyl groups is 1. The van der Waals surface area contributed by atoms with Gasteiger partial charge in [0.05, 0.1) is 48.2 Å². The molecule has 196 valence electrons. The van der Waals surface area contributed by atoms with Gasteiger partial charge >= 0.3 is 0 Å². The first-order chi connectivity index (χ1) is 18.3. The normalized spacial score (nSPS) is 21.3. The van der Waals surface area contributed by atoms with Gasteiger partial charge in [0.2, 0.25) is 0 Å². The summed E-state index contributed by atoms with van der Waals surface area (Å²) in [5.41, 5.74) is 2.60. The fraction of sp³-hybridized carbons (Fsp3) is 0.296. The molecule has 7 nitrogen and oxygen atoms in total. The van der Waals surface area contributed by atoms with Crippen LogP contribution >= 0.6 is 0 Å². The van der Waals surface area contributed by atoms with E-state index in [1.54, 1.807) is 36.7 Å². The van der Waals surface area contributed by atoms with Crippen LogP contribution in [0.2, 0.25) is 0 Å². The molecule has 2 fully saturated rings. The molecule has 4 aromatic rings. The van der Waals surface area contributed by atoms with E-state index < -0.39 is 36.6 Å². The maximum Gasteiger partial charge on any atom is 0.267 e. The smallest absolute Gasteiger partial charge is 0.267 e. The Hall–Kier alpha value is -3.99. The summed E-state index contributed by atoms with van der Waals surface area (Å²) in [4.78, 5) is 12.2. The average molecular weight is 525 g/mol. The largest absolute Gasteiger partial charge is 0.391 e. The molecular formula is C27H24F4N6O. The van der Waals surface area contributed by atoms with Crippen molar-refractivity contribution in [1.82, 2.24) is 19.6 Å². The van der Waals surface area contributed by atoms with Gasteiger partial charge in [-0.25, -0.2) is 27.1 Å². The van der Waals surface area contributed by atoms with E-state index in [4.69, 9.17) is 0 Å². The number of pyridine rings is 1. The van der Waals surface area contributed by atoms with Crippen molar-refractivity contribution in [1.29, 1.82) is 0 Å². The van der Waals surface area contributed by atoms with E-state index in [-0.39, 0.29) is 17.5 Å². The summed E-state index contributed by atoms with van der Waals surface area (Å²) in [6.07, 6.45) is 6.67. The van der Waals surface area contributed by atoms with Crippen LogP contribution in [0.25, 0.3) is 17.8 Å². The summed E-state index contributed by atoms with van der Waals surface area (Å²) in [6.45, 7) is 0.697. The number of imidazole rings is 1. The maximum atomic E-state index is 14.5. The van der Waals surface area contributed by atoms with Gasteiger partial charge in [-0.05, 0) is 61.0 Å². The lowest BCUT2D eigenvalue weighted by atomic mass is 10.0. The van der Waals surface area contributed by atoms with Crippen LogP contribution in [0, 0.1) is 11.6 Å². The third-order valence-corrected chi connectivity index (χ3v) is 6.98. The van der Waals surface area contributed by atoms with Crippen LogP contribution in [-0.4, -0.2) is 56.3 Å². The Bertz CT molecular complexity index is 1510. The van der Waals surface area contributed by atoms with Crippen molar-refractivity contribution >= 4 is 29.3 Å². The van der Waals surface area contributed by atoms with Crippen molar-refractivity contribution in [2.75, 3.05) is 29.4 Å². The Balaban J connectivity index is 1.28. The van der Waals surface area contributed by atoms with Gasteiger partial charge in [-0.15, -0.1) is 5.10 Å². The molecule has 1 N–H and O–H groups in total. The summed E-state index contributed by atoms with van der Waals surface area (Å²) in [7, 11) is 0. The summed E-state index contributed by atoms with van der Waals surface area (Å²) < 4.78 is 58.9. The quantitative estimate of drug-likeness (QED) is 0.381. The lowest BCUT2D eigenvalue weighted by Crippen LogP contribution is -2.28. The molecule has 0 amide bonds. The van der Waals surface area contributed by atoms with Crippen molar-refractivity contribution < 1.29 is 22.7 Å². The van der Waals surface area contributed by atoms with E-state index in [2.05, 4.69) is 20.0 Å². The summed E-state index contributed by atoms with van der Waals surface area (Å²) in [5.74, 6) is -4.33. The Labute approximate surface area is 215 Å². The van der Waals surface area contributed by atoms with Crippen molar-refractivity contribution in [3.05, 3.63) is 83.4 Å². The molecule has 11 heteroatoms. The Morgan fingerprint density at radius 1 is 1.00 bits per heavy atom. The molecule has 2 aliphatic heterocycles. The van der Waals surface area contributed by atoms with E-state index in [0.717, 1.165) is 36.9 Å². The van der Waals surface area contributed by atoms with Crippen LogP contribution in [0.4, 0.5) is 29.1 Å². The summed E-state index contributed by atoms with van der Waals surface area (Å²) in [6, 6.07) is 8.80. The number of alkyl halides is 2. The number of hydrogen-bond donors (Lipinski definition) is 1. The zero-order chi connectivity index (χ0) is 26.4. The molecule has 5 heterocycles. The van der Waals surface area contributed by atoms with Gasteiger partial charge in [0.25, 0.3) is 5.92 Å². The average Bonchev–Trinajstić information content (AvgIpc) is 3.60. The predicted molar refractivity (Wildman–Crippen MR) is 135 cm³/mol. The number of rotatable bonds is 5. The van der Waals surface area contributed by atoms with Gasteiger partial charge in [0.15, 0.2) is 5.65 Å². The molecule has 0 spiro atoms. The van der Waals surface area contributed by atoms with E-state index >= 15 is 0 Å². The predicted octanol–water partition coefficient (Wildman–Crippen LogP) is 4.73. The molecule has 0 radical (unpaired) electrons. The zero-order valence-corrected chi connectivity index (χ0v) is 20.2. The van der Waals surface area contributed by atoms with Crippen molar-refractivity contribution in [3.63, 3.8) is 0 Å². The van der Waals surface area contributed by atoms with Gasteiger partial charge in [-0.3, -0.25) is 4.98 Å². The van der Waals surface area contributed by atoms with Crippen LogP contribution < -0.4 is 9.80 Å². The molecular weight excluding hydrogens is 500 g/mol. The van der Waals surface area contributed by atoms with E-state index in [1.165, 1.54) is 9.42 Å². The minimum atomic E-state index is -3.09. The lowest BCUT2D eigenvalue weighted by Gasteiger charge is -2.25. The SMILES string of the molecule is OC1CCN(c2ccc(/C=C/c3cnc4ccc(N5CC(F)(F)C[C@@H]5c5cc(F)ccc5F)nn34)nc2)C1. The molecule has 1 aromatic carbocycles. The topological polar surface area (TPSA) is 69.8 Å². The number of β-amino-alcohol motifs (C(OH)–C–C–N with tert-alkyl or cyclic N) is 1. The van der Waals surface area contributed by atoms with Gasteiger partial charge in [0.1, 0.15) is 17.5 Å². The summed E-state index contributed by atoms with van der Waals surface area (Å²) >= 11 is 0. The Morgan fingerprint density at radius 2 is 1.87 bits per heavy atom. The first kappa shape index (κ1) is 24.4. The standard InChI is InChI=1S/C27H24F4N6O/c28-17-1-6-23(29)22(11-17)24-12-27(30,31)16-36(24)26-8-7-25-33-14-20(37(25)34-26)5-3-18-2-4-19(13-32-18)35-10-9-21(38)15-35/h1-8,11,13-14,21,24,38H,9-10,12,15-16H2/b5-3+/t21?,24-/m1/s1. The molecule has 0 saturated carbocycles. The molecule has 2 atom stereocenters. The minimum absolute atomic E-state index is 0.132. The van der Waals surface area contributed by atoms with Gasteiger partial charge in [0, 0.05) is 25.1 Å². The highest BCUT2D eigenvalue weighted by molar-refractivity contribution is 5.68. The Kier molecular flexibility index (Phi) is 6.02. The van der Waals surface area contributed by atoms with Crippen LogP contribution in [0.15, 0.2) is 54.9 Å². The van der Waals surface area contributed by atoms with Crippen molar-refractivity contribution in [2.24, 2.45) is 0 Å². The van der Waals surface area contributed by atoms with Crippen LogP contribution in [-0.2, 0) is 0 Å². The molecule has 3 aromatic heterocycles. The van der Waals surface area contributed by atoms with Gasteiger partial charge in [-0.1, -0.05) is 0 Å². The molecule has 2 saturated heterocycles. The van der Waals surface area contributed by atoms with E-state index in [1.807, 2.05) is 12.1 Å². The highest BCUT2D eigenvalue weighted by Gasteiger charge is 2.47. The van der Waals surface area contributed by atoms with Crippen molar-refractivity contribution in [2.45, 2.75) is 30.9 Å². The van der Waals surface area contributed by atoms with Gasteiger partial charge < -0.3 is 14.9 Å². The van der Waals surface area contributed by atoms with Crippen LogP contribution in [0.1, 0.15) is 35.8 Å². The van der Waals surface area contributed by atoms with E-state index in [0.29, 0.717) is 23.6 Å². The summed E-state index contributed by atoms with van der Waals surface area (Å²) in [5, 5.41) is 14.3. The number of nitrogens with zero attached hydrogens (tertiary/aromatic N) is 6. The number of benzene rings is 1. The third-order valence-electron chi connectivity index (χ3n) is 6.98. The first-order valence-electron chi connectivity index (χ1n) is 12.3. The fourth-order valence-corrected chi connectivity index (χ4v) is 5.08. The first-order valence-corrected chi connectivity index (χ1v) is 12.3. The number of anilines is 2. The van der Waals surface area contributed by atoms with Gasteiger partial charge in [-0.2, -0.15) is 0 Å². The maximum absolute atomic E-state index is 14.5. The molecule has 6 rings (SSSR count). The number of aliphatic hydroxyl groups excluding tert-OH is 1. The van der Waals surface area contributed by atoms with Crippen molar-refractivity contribution in [3.8, 4) is 0 Å². The second kappa shape index (κ2) is 9.39. The van der Waals surface area contributed by atoms with Crippen LogP contribution in [0.3, 0.4) is 0 Å². The minimum Gasteiger partial charge on any atom is -0.391 e. The molecule has 0 bridgehead atoms.